The maximum absolute atomic E-state index is 11.0. The maximum Gasteiger partial charge on any atom is 0.272 e. The Morgan fingerprint density at radius 3 is 2.85 bits per heavy atom. The molecule has 106 valence electrons. The summed E-state index contributed by atoms with van der Waals surface area (Å²) in [5.74, 6) is 0. The summed E-state index contributed by atoms with van der Waals surface area (Å²) in [6.07, 6.45) is 2.50. The lowest BCUT2D eigenvalue weighted by Crippen LogP contribution is -2.00. The fraction of sp³-hybridized carbons (Fsp3) is 0.308. The second kappa shape index (κ2) is 6.42. The van der Waals surface area contributed by atoms with Crippen LogP contribution in [-0.4, -0.2) is 16.5 Å². The molecule has 7 heteroatoms. The minimum absolute atomic E-state index is 0.0527. The van der Waals surface area contributed by atoms with Crippen LogP contribution in [0.5, 0.6) is 0 Å². The summed E-state index contributed by atoms with van der Waals surface area (Å²) in [4.78, 5) is 15.5. The molecule has 1 heterocycles. The third-order valence-electron chi connectivity index (χ3n) is 2.48. The van der Waals surface area contributed by atoms with Gasteiger partial charge in [0.25, 0.3) is 10.9 Å². The number of nitrogens with zero attached hydrogens (tertiary/aromatic N) is 2. The number of hydrogen-bond acceptors (Lipinski definition) is 6. The van der Waals surface area contributed by atoms with Crippen LogP contribution in [0.15, 0.2) is 39.0 Å². The number of nitrogens with one attached hydrogen (secondary N) is 1. The standard InChI is InChI=1S/C13H15N3O3S/c1-3-4-14-10-5-11(16(17)18)7-12(6-10)20-13-15-9(2)8-19-13/h5-8,14H,3-4H2,1-2H3. The lowest BCUT2D eigenvalue weighted by molar-refractivity contribution is -0.385. The molecule has 0 saturated carbocycles. The monoisotopic (exact) mass is 293 g/mol. The molecule has 0 spiro atoms. The van der Waals surface area contributed by atoms with Crippen molar-refractivity contribution >= 4 is 23.1 Å². The molecule has 0 bridgehead atoms. The quantitative estimate of drug-likeness (QED) is 0.643. The number of aryl methyl sites for hydroxylation is 1. The van der Waals surface area contributed by atoms with Gasteiger partial charge in [-0.15, -0.1) is 0 Å². The zero-order valence-corrected chi connectivity index (χ0v) is 12.1. The highest BCUT2D eigenvalue weighted by molar-refractivity contribution is 7.99. The molecule has 0 aliphatic heterocycles. The van der Waals surface area contributed by atoms with Gasteiger partial charge in [0, 0.05) is 29.3 Å². The van der Waals surface area contributed by atoms with Crippen LogP contribution < -0.4 is 5.32 Å². The number of hydrogen-bond donors (Lipinski definition) is 1. The van der Waals surface area contributed by atoms with E-state index in [9.17, 15) is 10.1 Å². The Morgan fingerprint density at radius 2 is 2.25 bits per heavy atom. The van der Waals surface area contributed by atoms with E-state index in [1.807, 2.05) is 19.9 Å². The van der Waals surface area contributed by atoms with Crippen LogP contribution >= 0.6 is 11.8 Å². The highest BCUT2D eigenvalue weighted by Gasteiger charge is 2.12. The Kier molecular flexibility index (Phi) is 4.62. The van der Waals surface area contributed by atoms with Gasteiger partial charge in [-0.2, -0.15) is 0 Å². The average molecular weight is 293 g/mol. The van der Waals surface area contributed by atoms with Gasteiger partial charge in [-0.05, 0) is 31.2 Å². The van der Waals surface area contributed by atoms with Crippen molar-refractivity contribution < 1.29 is 9.34 Å². The van der Waals surface area contributed by atoms with E-state index in [1.54, 1.807) is 6.26 Å². The first kappa shape index (κ1) is 14.4. The van der Waals surface area contributed by atoms with Crippen molar-refractivity contribution in [1.29, 1.82) is 0 Å². The summed E-state index contributed by atoms with van der Waals surface area (Å²) in [5.41, 5.74) is 1.56. The summed E-state index contributed by atoms with van der Waals surface area (Å²) < 4.78 is 5.25. The van der Waals surface area contributed by atoms with E-state index in [1.165, 1.54) is 23.9 Å². The Bertz CT molecular complexity index is 613. The zero-order chi connectivity index (χ0) is 14.5. The summed E-state index contributed by atoms with van der Waals surface area (Å²) in [6.45, 7) is 4.63. The van der Waals surface area contributed by atoms with Crippen LogP contribution in [0, 0.1) is 17.0 Å². The molecule has 1 aromatic carbocycles. The van der Waals surface area contributed by atoms with Gasteiger partial charge in [0.15, 0.2) is 0 Å². The van der Waals surface area contributed by atoms with Crippen molar-refractivity contribution in [3.05, 3.63) is 40.3 Å². The van der Waals surface area contributed by atoms with Gasteiger partial charge in [0.1, 0.15) is 6.26 Å². The normalized spacial score (nSPS) is 10.5. The molecule has 0 aliphatic carbocycles. The minimum Gasteiger partial charge on any atom is -0.439 e. The van der Waals surface area contributed by atoms with E-state index >= 15 is 0 Å². The van der Waals surface area contributed by atoms with Crippen LogP contribution in [-0.2, 0) is 0 Å². The molecule has 0 atom stereocenters. The van der Waals surface area contributed by atoms with E-state index in [2.05, 4.69) is 10.3 Å². The number of aromatic nitrogens is 1. The maximum atomic E-state index is 11.0. The van der Waals surface area contributed by atoms with Gasteiger partial charge in [-0.1, -0.05) is 6.92 Å². The van der Waals surface area contributed by atoms with Gasteiger partial charge in [-0.25, -0.2) is 4.98 Å². The van der Waals surface area contributed by atoms with Crippen molar-refractivity contribution in [1.82, 2.24) is 4.98 Å². The molecule has 0 fully saturated rings. The zero-order valence-electron chi connectivity index (χ0n) is 11.3. The summed E-state index contributed by atoms with van der Waals surface area (Å²) in [7, 11) is 0. The Balaban J connectivity index is 2.26. The summed E-state index contributed by atoms with van der Waals surface area (Å²) in [5, 5.41) is 14.6. The molecule has 0 unspecified atom stereocenters. The first-order chi connectivity index (χ1) is 9.58. The SMILES string of the molecule is CCCNc1cc(Sc2nc(C)co2)cc([N+](=O)[O-])c1. The number of oxazole rings is 1. The fourth-order valence-electron chi connectivity index (χ4n) is 1.60. The number of benzene rings is 1. The predicted octanol–water partition coefficient (Wildman–Crippen LogP) is 3.86. The van der Waals surface area contributed by atoms with Gasteiger partial charge >= 0.3 is 0 Å². The molecule has 2 rings (SSSR count). The summed E-state index contributed by atoms with van der Waals surface area (Å²) >= 11 is 1.27. The molecule has 0 amide bonds. The van der Waals surface area contributed by atoms with E-state index < -0.39 is 4.92 Å². The van der Waals surface area contributed by atoms with Crippen molar-refractivity contribution in [2.75, 3.05) is 11.9 Å². The smallest absolute Gasteiger partial charge is 0.272 e. The van der Waals surface area contributed by atoms with Crippen molar-refractivity contribution in [2.24, 2.45) is 0 Å². The average Bonchev–Trinajstić information content (AvgIpc) is 2.81. The topological polar surface area (TPSA) is 81.2 Å². The molecule has 0 saturated heterocycles. The van der Waals surface area contributed by atoms with E-state index in [4.69, 9.17) is 4.42 Å². The van der Waals surface area contributed by atoms with Gasteiger partial charge in [0.2, 0.25) is 0 Å². The number of nitro benzene ring substituents is 1. The largest absolute Gasteiger partial charge is 0.439 e. The molecule has 2 aromatic rings. The van der Waals surface area contributed by atoms with E-state index in [0.717, 1.165) is 29.2 Å². The number of rotatable bonds is 6. The molecular weight excluding hydrogens is 278 g/mol. The van der Waals surface area contributed by atoms with E-state index in [-0.39, 0.29) is 5.69 Å². The van der Waals surface area contributed by atoms with Crippen LogP contribution in [0.3, 0.4) is 0 Å². The first-order valence-corrected chi connectivity index (χ1v) is 7.03. The Hall–Kier alpha value is -2.02. The third-order valence-corrected chi connectivity index (χ3v) is 3.32. The Labute approximate surface area is 120 Å². The van der Waals surface area contributed by atoms with Crippen LogP contribution in [0.4, 0.5) is 11.4 Å². The second-order valence-electron chi connectivity index (χ2n) is 4.26. The first-order valence-electron chi connectivity index (χ1n) is 6.22. The van der Waals surface area contributed by atoms with Gasteiger partial charge < -0.3 is 9.73 Å². The lowest BCUT2D eigenvalue weighted by Gasteiger charge is -2.06. The molecule has 0 radical (unpaired) electrons. The number of anilines is 1. The highest BCUT2D eigenvalue weighted by Crippen LogP contribution is 2.32. The second-order valence-corrected chi connectivity index (χ2v) is 5.28. The van der Waals surface area contributed by atoms with Gasteiger partial charge in [-0.3, -0.25) is 10.1 Å². The van der Waals surface area contributed by atoms with Crippen LogP contribution in [0.25, 0.3) is 0 Å². The van der Waals surface area contributed by atoms with Crippen LogP contribution in [0.1, 0.15) is 19.0 Å². The molecule has 1 N–H and O–H groups in total. The van der Waals surface area contributed by atoms with E-state index in [0.29, 0.717) is 5.22 Å². The van der Waals surface area contributed by atoms with Crippen molar-refractivity contribution in [3.63, 3.8) is 0 Å². The minimum atomic E-state index is -0.401. The lowest BCUT2D eigenvalue weighted by atomic mass is 10.2. The Morgan fingerprint density at radius 1 is 1.45 bits per heavy atom. The molecular formula is C13H15N3O3S. The van der Waals surface area contributed by atoms with Crippen molar-refractivity contribution in [3.8, 4) is 0 Å². The van der Waals surface area contributed by atoms with Crippen molar-refractivity contribution in [2.45, 2.75) is 30.4 Å². The molecule has 6 nitrogen and oxygen atoms in total. The van der Waals surface area contributed by atoms with Gasteiger partial charge in [0.05, 0.1) is 10.6 Å². The number of nitro groups is 1. The molecule has 1 aromatic heterocycles. The molecule has 0 aliphatic rings. The fourth-order valence-corrected chi connectivity index (χ4v) is 2.45. The van der Waals surface area contributed by atoms with Crippen LogP contribution in [0.2, 0.25) is 0 Å². The number of non-ortho nitro benzene ring substituents is 1. The summed E-state index contributed by atoms with van der Waals surface area (Å²) in [6, 6.07) is 4.90. The third kappa shape index (κ3) is 3.74. The highest BCUT2D eigenvalue weighted by atomic mass is 32.2. The molecule has 20 heavy (non-hydrogen) atoms. The predicted molar refractivity (Wildman–Crippen MR) is 77.2 cm³/mol.